The second-order valence-electron chi connectivity index (χ2n) is 4.83. The monoisotopic (exact) mass is 276 g/mol. The van der Waals surface area contributed by atoms with Gasteiger partial charge >= 0.3 is 6.16 Å². The molecule has 104 valence electrons. The Bertz CT molecular complexity index is 664. The normalized spacial score (nSPS) is 17.0. The molecular weight excluding hydrogens is 263 g/mol. The van der Waals surface area contributed by atoms with Crippen LogP contribution < -0.4 is 4.74 Å². The molecule has 0 amide bonds. The summed E-state index contributed by atoms with van der Waals surface area (Å²) in [4.78, 5) is 10.9. The van der Waals surface area contributed by atoms with E-state index in [4.69, 9.17) is 9.84 Å². The summed E-state index contributed by atoms with van der Waals surface area (Å²) < 4.78 is 19.7. The average molecular weight is 276 g/mol. The van der Waals surface area contributed by atoms with Gasteiger partial charge in [0.1, 0.15) is 11.5 Å². The van der Waals surface area contributed by atoms with Crippen molar-refractivity contribution >= 4 is 6.16 Å². The van der Waals surface area contributed by atoms with E-state index in [1.54, 1.807) is 16.8 Å². The number of hydrogen-bond acceptors (Lipinski definition) is 3. The zero-order chi connectivity index (χ0) is 14.3. The first-order valence-corrected chi connectivity index (χ1v) is 6.34. The van der Waals surface area contributed by atoms with Crippen molar-refractivity contribution in [1.82, 2.24) is 9.78 Å². The van der Waals surface area contributed by atoms with Gasteiger partial charge in [0.05, 0.1) is 5.69 Å². The second-order valence-corrected chi connectivity index (χ2v) is 4.83. The highest BCUT2D eigenvalue weighted by Gasteiger charge is 2.29. The molecule has 5 nitrogen and oxygen atoms in total. The van der Waals surface area contributed by atoms with Gasteiger partial charge in [0.25, 0.3) is 0 Å². The van der Waals surface area contributed by atoms with E-state index >= 15 is 0 Å². The van der Waals surface area contributed by atoms with Gasteiger partial charge < -0.3 is 9.84 Å². The van der Waals surface area contributed by atoms with Crippen molar-refractivity contribution in [2.45, 2.75) is 25.8 Å². The van der Waals surface area contributed by atoms with E-state index in [9.17, 15) is 9.18 Å². The lowest BCUT2D eigenvalue weighted by molar-refractivity contribution is 0.144. The lowest BCUT2D eigenvalue weighted by Crippen LogP contribution is -2.05. The van der Waals surface area contributed by atoms with E-state index in [2.05, 4.69) is 5.10 Å². The SMILES string of the molecule is CC1CCc2c(OC(=O)O)c(-c3ccc(F)cc3)nn21. The molecule has 0 spiro atoms. The summed E-state index contributed by atoms with van der Waals surface area (Å²) in [6, 6.07) is 5.96. The Kier molecular flexibility index (Phi) is 2.93. The number of fused-ring (bicyclic) bond motifs is 1. The van der Waals surface area contributed by atoms with Crippen LogP contribution in [-0.2, 0) is 6.42 Å². The molecule has 6 heteroatoms. The molecule has 0 saturated heterocycles. The van der Waals surface area contributed by atoms with E-state index in [1.165, 1.54) is 12.1 Å². The molecule has 0 fully saturated rings. The number of halogens is 1. The predicted octanol–water partition coefficient (Wildman–Crippen LogP) is 3.25. The fourth-order valence-corrected chi connectivity index (χ4v) is 2.51. The zero-order valence-corrected chi connectivity index (χ0v) is 10.8. The van der Waals surface area contributed by atoms with Crippen LogP contribution in [0.1, 0.15) is 25.1 Å². The quantitative estimate of drug-likeness (QED) is 0.855. The lowest BCUT2D eigenvalue weighted by Gasteiger charge is -2.04. The molecule has 3 rings (SSSR count). The molecule has 1 aliphatic rings. The minimum absolute atomic E-state index is 0.204. The molecule has 0 aliphatic carbocycles. The number of aromatic nitrogens is 2. The first-order valence-electron chi connectivity index (χ1n) is 6.34. The van der Waals surface area contributed by atoms with Crippen molar-refractivity contribution in [2.75, 3.05) is 0 Å². The third kappa shape index (κ3) is 2.03. The molecule has 1 N–H and O–H groups in total. The van der Waals surface area contributed by atoms with E-state index < -0.39 is 6.16 Å². The third-order valence-electron chi connectivity index (χ3n) is 3.48. The second kappa shape index (κ2) is 4.63. The summed E-state index contributed by atoms with van der Waals surface area (Å²) in [5.41, 5.74) is 1.85. The molecule has 0 bridgehead atoms. The first kappa shape index (κ1) is 12.7. The Morgan fingerprint density at radius 1 is 1.45 bits per heavy atom. The molecule has 1 atom stereocenters. The molecule has 20 heavy (non-hydrogen) atoms. The average Bonchev–Trinajstić information content (AvgIpc) is 2.92. The lowest BCUT2D eigenvalue weighted by atomic mass is 10.1. The van der Waals surface area contributed by atoms with Crippen LogP contribution in [0.2, 0.25) is 0 Å². The Morgan fingerprint density at radius 2 is 2.15 bits per heavy atom. The topological polar surface area (TPSA) is 64.3 Å². The largest absolute Gasteiger partial charge is 0.511 e. The summed E-state index contributed by atoms with van der Waals surface area (Å²) in [5.74, 6) is -0.0944. The maximum atomic E-state index is 13.0. The van der Waals surface area contributed by atoms with Crippen LogP contribution in [0.15, 0.2) is 24.3 Å². The number of hydrogen-bond donors (Lipinski definition) is 1. The summed E-state index contributed by atoms with van der Waals surface area (Å²) >= 11 is 0. The Hall–Kier alpha value is -2.37. The minimum Gasteiger partial charge on any atom is -0.449 e. The van der Waals surface area contributed by atoms with Crippen LogP contribution in [0.5, 0.6) is 5.75 Å². The molecule has 1 aromatic carbocycles. The number of ether oxygens (including phenoxy) is 1. The van der Waals surface area contributed by atoms with E-state index in [-0.39, 0.29) is 17.6 Å². The fraction of sp³-hybridized carbons (Fsp3) is 0.286. The molecule has 0 radical (unpaired) electrons. The highest BCUT2D eigenvalue weighted by atomic mass is 19.1. The van der Waals surface area contributed by atoms with Crippen molar-refractivity contribution in [1.29, 1.82) is 0 Å². The molecule has 2 heterocycles. The zero-order valence-electron chi connectivity index (χ0n) is 10.8. The molecule has 0 saturated carbocycles. The predicted molar refractivity (Wildman–Crippen MR) is 69.3 cm³/mol. The van der Waals surface area contributed by atoms with Crippen molar-refractivity contribution in [2.24, 2.45) is 0 Å². The maximum absolute atomic E-state index is 13.0. The van der Waals surface area contributed by atoms with E-state index in [0.29, 0.717) is 11.3 Å². The first-order chi connectivity index (χ1) is 9.56. The van der Waals surface area contributed by atoms with Crippen molar-refractivity contribution in [3.05, 3.63) is 35.8 Å². The van der Waals surface area contributed by atoms with Crippen molar-refractivity contribution < 1.29 is 19.0 Å². The Labute approximate surface area is 114 Å². The number of carbonyl (C=O) groups is 1. The van der Waals surface area contributed by atoms with Gasteiger partial charge in [0.2, 0.25) is 0 Å². The summed E-state index contributed by atoms with van der Waals surface area (Å²) in [6.07, 6.45) is 0.253. The Balaban J connectivity index is 2.12. The van der Waals surface area contributed by atoms with Gasteiger partial charge in [-0.1, -0.05) is 0 Å². The standard InChI is InChI=1S/C14H13FN2O3/c1-8-2-7-11-13(20-14(18)19)12(16-17(8)11)9-3-5-10(15)6-4-9/h3-6,8H,2,7H2,1H3,(H,18,19). The van der Waals surface area contributed by atoms with E-state index in [1.807, 2.05) is 6.92 Å². The van der Waals surface area contributed by atoms with Crippen LogP contribution in [-0.4, -0.2) is 21.0 Å². The molecule has 1 unspecified atom stereocenters. The van der Waals surface area contributed by atoms with Gasteiger partial charge in [-0.2, -0.15) is 5.10 Å². The molecule has 1 aliphatic heterocycles. The van der Waals surface area contributed by atoms with Gasteiger partial charge in [0, 0.05) is 11.6 Å². The van der Waals surface area contributed by atoms with Crippen LogP contribution in [0.25, 0.3) is 11.3 Å². The summed E-state index contributed by atoms with van der Waals surface area (Å²) in [7, 11) is 0. The van der Waals surface area contributed by atoms with E-state index in [0.717, 1.165) is 18.5 Å². The third-order valence-corrected chi connectivity index (χ3v) is 3.48. The highest BCUT2D eigenvalue weighted by molar-refractivity contribution is 5.72. The highest BCUT2D eigenvalue weighted by Crippen LogP contribution is 2.39. The smallest absolute Gasteiger partial charge is 0.449 e. The summed E-state index contributed by atoms with van der Waals surface area (Å²) in [5, 5.41) is 13.3. The number of benzene rings is 1. The van der Waals surface area contributed by atoms with Gasteiger partial charge in [-0.05, 0) is 44.0 Å². The van der Waals surface area contributed by atoms with Gasteiger partial charge in [-0.15, -0.1) is 0 Å². The molecular formula is C14H13FN2O3. The maximum Gasteiger partial charge on any atom is 0.511 e. The van der Waals surface area contributed by atoms with Crippen LogP contribution in [0, 0.1) is 5.82 Å². The number of nitrogens with zero attached hydrogens (tertiary/aromatic N) is 2. The van der Waals surface area contributed by atoms with Crippen molar-refractivity contribution in [3.63, 3.8) is 0 Å². The number of carboxylic acid groups (broad SMARTS) is 1. The minimum atomic E-state index is -1.37. The van der Waals surface area contributed by atoms with Gasteiger partial charge in [-0.25, -0.2) is 9.18 Å². The van der Waals surface area contributed by atoms with Crippen LogP contribution >= 0.6 is 0 Å². The van der Waals surface area contributed by atoms with Gasteiger partial charge in [0.15, 0.2) is 5.75 Å². The van der Waals surface area contributed by atoms with Crippen molar-refractivity contribution in [3.8, 4) is 17.0 Å². The summed E-state index contributed by atoms with van der Waals surface area (Å²) in [6.45, 7) is 2.02. The van der Waals surface area contributed by atoms with Crippen LogP contribution in [0.3, 0.4) is 0 Å². The van der Waals surface area contributed by atoms with Crippen LogP contribution in [0.4, 0.5) is 9.18 Å². The Morgan fingerprint density at radius 3 is 2.80 bits per heavy atom. The molecule has 2 aromatic rings. The molecule has 1 aromatic heterocycles. The van der Waals surface area contributed by atoms with Gasteiger partial charge in [-0.3, -0.25) is 4.68 Å². The fourth-order valence-electron chi connectivity index (χ4n) is 2.51. The number of rotatable bonds is 2.